The van der Waals surface area contributed by atoms with Crippen LogP contribution in [0.15, 0.2) is 50.4 Å². The summed E-state index contributed by atoms with van der Waals surface area (Å²) in [6.45, 7) is 0.248. The molecule has 0 unspecified atom stereocenters. The average molecular weight is 450 g/mol. The lowest BCUT2D eigenvalue weighted by molar-refractivity contribution is -0.121. The van der Waals surface area contributed by atoms with Crippen LogP contribution in [-0.4, -0.2) is 30.4 Å². The van der Waals surface area contributed by atoms with E-state index in [1.807, 2.05) is 36.4 Å². The number of hydrogen-bond acceptors (Lipinski definition) is 7. The maximum absolute atomic E-state index is 12.3. The summed E-state index contributed by atoms with van der Waals surface area (Å²) in [6.07, 6.45) is 0.459. The van der Waals surface area contributed by atoms with E-state index in [1.54, 1.807) is 11.3 Å². The van der Waals surface area contributed by atoms with Gasteiger partial charge >= 0.3 is 5.69 Å². The number of H-pyrrole nitrogens is 2. The molecule has 5 rings (SSSR count). The van der Waals surface area contributed by atoms with E-state index >= 15 is 0 Å². The third-order valence-corrected chi connectivity index (χ3v) is 6.07. The Balaban J connectivity index is 1.20. The number of amides is 1. The maximum atomic E-state index is 12.3. The standard InChI is InChI=1S/C21H18N6O4S/c1-27-18-17(19(29)26-21(27)30)24-15(25-18)8-9-16(28)22-10-11-6-7-13(31-11)20-23-12-4-2-3-5-14(12)32-20/h2-7H,8-10H2,1H3,(H,22,28)(H,24,25)(H,26,29,30). The first-order chi connectivity index (χ1) is 15.5. The molecule has 4 heterocycles. The average Bonchev–Trinajstić information content (AvgIpc) is 3.52. The summed E-state index contributed by atoms with van der Waals surface area (Å²) >= 11 is 1.55. The van der Waals surface area contributed by atoms with Gasteiger partial charge in [0, 0.05) is 19.9 Å². The van der Waals surface area contributed by atoms with Crippen molar-refractivity contribution in [3.05, 3.63) is 68.8 Å². The van der Waals surface area contributed by atoms with Crippen LogP contribution in [0.5, 0.6) is 0 Å². The Kier molecular flexibility index (Phi) is 4.94. The van der Waals surface area contributed by atoms with Crippen molar-refractivity contribution in [1.29, 1.82) is 0 Å². The molecule has 32 heavy (non-hydrogen) atoms. The highest BCUT2D eigenvalue weighted by Crippen LogP contribution is 2.31. The second kappa shape index (κ2) is 7.93. The Morgan fingerprint density at radius 1 is 1.16 bits per heavy atom. The normalized spacial score (nSPS) is 11.4. The lowest BCUT2D eigenvalue weighted by Gasteiger charge is -2.02. The molecule has 1 aromatic carbocycles. The molecule has 3 N–H and O–H groups in total. The number of benzene rings is 1. The number of imidazole rings is 1. The monoisotopic (exact) mass is 450 g/mol. The lowest BCUT2D eigenvalue weighted by atomic mass is 10.3. The first-order valence-corrected chi connectivity index (χ1v) is 10.7. The first-order valence-electron chi connectivity index (χ1n) is 9.87. The molecular weight excluding hydrogens is 432 g/mol. The zero-order chi connectivity index (χ0) is 22.2. The topological polar surface area (TPSA) is 139 Å². The van der Waals surface area contributed by atoms with Crippen molar-refractivity contribution in [2.75, 3.05) is 0 Å². The Morgan fingerprint density at radius 2 is 2.00 bits per heavy atom. The number of fused-ring (bicyclic) bond motifs is 2. The van der Waals surface area contributed by atoms with Crippen molar-refractivity contribution < 1.29 is 9.21 Å². The molecule has 0 spiro atoms. The lowest BCUT2D eigenvalue weighted by Crippen LogP contribution is -2.28. The van der Waals surface area contributed by atoms with Gasteiger partial charge in [0.1, 0.15) is 17.1 Å². The number of aromatic amines is 2. The van der Waals surface area contributed by atoms with E-state index in [0.29, 0.717) is 23.8 Å². The Hall–Kier alpha value is -3.99. The molecule has 0 saturated heterocycles. The molecule has 0 aliphatic rings. The van der Waals surface area contributed by atoms with Crippen molar-refractivity contribution in [2.45, 2.75) is 19.4 Å². The molecule has 1 amide bonds. The highest BCUT2D eigenvalue weighted by molar-refractivity contribution is 7.21. The molecule has 0 aliphatic carbocycles. The number of carbonyl (C=O) groups is 1. The van der Waals surface area contributed by atoms with Gasteiger partial charge in [-0.25, -0.2) is 14.8 Å². The van der Waals surface area contributed by atoms with Gasteiger partial charge in [0.2, 0.25) is 5.91 Å². The largest absolute Gasteiger partial charge is 0.457 e. The molecular formula is C21H18N6O4S. The van der Waals surface area contributed by atoms with Gasteiger partial charge in [-0.3, -0.25) is 19.1 Å². The molecule has 0 fully saturated rings. The number of rotatable bonds is 6. The van der Waals surface area contributed by atoms with E-state index in [-0.39, 0.29) is 30.0 Å². The van der Waals surface area contributed by atoms with Crippen molar-refractivity contribution in [3.63, 3.8) is 0 Å². The van der Waals surface area contributed by atoms with Crippen LogP contribution in [-0.2, 0) is 24.8 Å². The Labute approximate surface area is 184 Å². The number of hydrogen-bond donors (Lipinski definition) is 3. The number of aromatic nitrogens is 5. The summed E-state index contributed by atoms with van der Waals surface area (Å²) in [5.41, 5.74) is 0.314. The predicted molar refractivity (Wildman–Crippen MR) is 119 cm³/mol. The summed E-state index contributed by atoms with van der Waals surface area (Å²) in [7, 11) is 1.52. The van der Waals surface area contributed by atoms with E-state index in [4.69, 9.17) is 4.42 Å². The second-order valence-corrected chi connectivity index (χ2v) is 8.26. The number of thiazole rings is 1. The summed E-state index contributed by atoms with van der Waals surface area (Å²) in [5.74, 6) is 1.55. The number of carbonyl (C=O) groups excluding carboxylic acids is 1. The van der Waals surface area contributed by atoms with Crippen LogP contribution in [0.2, 0.25) is 0 Å². The number of nitrogens with zero attached hydrogens (tertiary/aromatic N) is 3. The van der Waals surface area contributed by atoms with Gasteiger partial charge in [0.25, 0.3) is 5.56 Å². The second-order valence-electron chi connectivity index (χ2n) is 7.23. The van der Waals surface area contributed by atoms with Gasteiger partial charge < -0.3 is 14.7 Å². The van der Waals surface area contributed by atoms with E-state index < -0.39 is 11.2 Å². The molecule has 5 aromatic rings. The van der Waals surface area contributed by atoms with E-state index in [1.165, 1.54) is 11.6 Å². The highest BCUT2D eigenvalue weighted by atomic mass is 32.1. The van der Waals surface area contributed by atoms with Crippen LogP contribution in [0.3, 0.4) is 0 Å². The quantitative estimate of drug-likeness (QED) is 0.362. The molecule has 0 bridgehead atoms. The molecule has 0 aliphatic heterocycles. The maximum Gasteiger partial charge on any atom is 0.329 e. The fraction of sp³-hybridized carbons (Fsp3) is 0.190. The summed E-state index contributed by atoms with van der Waals surface area (Å²) in [4.78, 5) is 49.7. The predicted octanol–water partition coefficient (Wildman–Crippen LogP) is 2.07. The fourth-order valence-electron chi connectivity index (χ4n) is 3.34. The molecule has 11 heteroatoms. The van der Waals surface area contributed by atoms with E-state index in [0.717, 1.165) is 15.2 Å². The number of furan rings is 1. The van der Waals surface area contributed by atoms with Crippen LogP contribution >= 0.6 is 11.3 Å². The fourth-order valence-corrected chi connectivity index (χ4v) is 4.27. The minimum absolute atomic E-state index is 0.164. The molecule has 0 atom stereocenters. The van der Waals surface area contributed by atoms with Gasteiger partial charge in [-0.2, -0.15) is 0 Å². The molecule has 0 saturated carbocycles. The summed E-state index contributed by atoms with van der Waals surface area (Å²) in [6, 6.07) is 11.5. The zero-order valence-electron chi connectivity index (χ0n) is 17.0. The van der Waals surface area contributed by atoms with E-state index in [2.05, 4.69) is 25.3 Å². The third kappa shape index (κ3) is 3.73. The SMILES string of the molecule is Cn1c(=O)[nH]c(=O)c2[nH]c(CCC(=O)NCc3ccc(-c4nc5ccccc5s4)o3)nc21. The van der Waals surface area contributed by atoms with Gasteiger partial charge in [-0.1, -0.05) is 12.1 Å². The minimum atomic E-state index is -0.540. The van der Waals surface area contributed by atoms with Crippen LogP contribution in [0, 0.1) is 0 Å². The van der Waals surface area contributed by atoms with Gasteiger partial charge in [-0.05, 0) is 24.3 Å². The van der Waals surface area contributed by atoms with Gasteiger partial charge in [0.05, 0.1) is 16.8 Å². The smallest absolute Gasteiger partial charge is 0.329 e. The van der Waals surface area contributed by atoms with Gasteiger partial charge in [0.15, 0.2) is 16.4 Å². The first kappa shape index (κ1) is 19.9. The van der Waals surface area contributed by atoms with Gasteiger partial charge in [-0.15, -0.1) is 11.3 Å². The molecule has 0 radical (unpaired) electrons. The van der Waals surface area contributed by atoms with E-state index in [9.17, 15) is 14.4 Å². The highest BCUT2D eigenvalue weighted by Gasteiger charge is 2.13. The van der Waals surface area contributed by atoms with Crippen LogP contribution in [0.25, 0.3) is 32.1 Å². The van der Waals surface area contributed by atoms with Crippen molar-refractivity contribution in [1.82, 2.24) is 29.8 Å². The number of nitrogens with one attached hydrogen (secondary N) is 3. The molecule has 4 aromatic heterocycles. The molecule has 162 valence electrons. The molecule has 10 nitrogen and oxygen atoms in total. The summed E-state index contributed by atoms with van der Waals surface area (Å²) in [5, 5.41) is 3.60. The van der Waals surface area contributed by atoms with Crippen molar-refractivity contribution in [3.8, 4) is 10.8 Å². The van der Waals surface area contributed by atoms with Crippen LogP contribution in [0.4, 0.5) is 0 Å². The minimum Gasteiger partial charge on any atom is -0.457 e. The van der Waals surface area contributed by atoms with Crippen molar-refractivity contribution in [2.24, 2.45) is 7.05 Å². The summed E-state index contributed by atoms with van der Waals surface area (Å²) < 4.78 is 8.17. The number of aryl methyl sites for hydroxylation is 2. The third-order valence-electron chi connectivity index (χ3n) is 5.02. The number of para-hydroxylation sites is 1. The Morgan fingerprint density at radius 3 is 2.84 bits per heavy atom. The van der Waals surface area contributed by atoms with Crippen LogP contribution < -0.4 is 16.6 Å². The Bertz CT molecular complexity index is 1540. The van der Waals surface area contributed by atoms with Crippen molar-refractivity contribution >= 4 is 38.6 Å². The zero-order valence-corrected chi connectivity index (χ0v) is 17.8. The van der Waals surface area contributed by atoms with Crippen LogP contribution in [0.1, 0.15) is 18.0 Å².